The summed E-state index contributed by atoms with van der Waals surface area (Å²) in [6.07, 6.45) is -4.41. The molecule has 29 heavy (non-hydrogen) atoms. The molecule has 9 heteroatoms. The van der Waals surface area contributed by atoms with Gasteiger partial charge >= 0.3 is 6.18 Å². The van der Waals surface area contributed by atoms with Crippen LogP contribution in [-0.2, 0) is 0 Å². The van der Waals surface area contributed by atoms with Gasteiger partial charge in [0.15, 0.2) is 6.61 Å². The van der Waals surface area contributed by atoms with E-state index < -0.39 is 12.8 Å². The van der Waals surface area contributed by atoms with Crippen molar-refractivity contribution in [2.45, 2.75) is 12.2 Å². The summed E-state index contributed by atoms with van der Waals surface area (Å²) in [6.45, 7) is 0.380. The molecule has 3 rings (SSSR count). The Morgan fingerprint density at radius 1 is 1.17 bits per heavy atom. The number of hydrogen-bond donors (Lipinski definition) is 1. The van der Waals surface area contributed by atoms with E-state index in [1.807, 2.05) is 24.3 Å². The van der Waals surface area contributed by atoms with Crippen molar-refractivity contribution in [3.8, 4) is 11.5 Å². The van der Waals surface area contributed by atoms with E-state index in [4.69, 9.17) is 9.47 Å². The van der Waals surface area contributed by atoms with Gasteiger partial charge in [-0.1, -0.05) is 18.2 Å². The molecule has 1 fully saturated rings. The topological polar surface area (TPSA) is 50.8 Å². The summed E-state index contributed by atoms with van der Waals surface area (Å²) >= 11 is 0. The first-order valence-corrected chi connectivity index (χ1v) is 8.83. The molecule has 2 aromatic carbocycles. The van der Waals surface area contributed by atoms with Crippen LogP contribution >= 0.6 is 12.4 Å². The molecule has 1 amide bonds. The Kier molecular flexibility index (Phi) is 7.75. The zero-order valence-electron chi connectivity index (χ0n) is 15.7. The zero-order valence-corrected chi connectivity index (χ0v) is 16.6. The highest BCUT2D eigenvalue weighted by molar-refractivity contribution is 5.94. The van der Waals surface area contributed by atoms with Crippen molar-refractivity contribution in [3.05, 3.63) is 59.7 Å². The predicted octanol–water partition coefficient (Wildman–Crippen LogP) is 3.84. The Bertz CT molecular complexity index is 815. The van der Waals surface area contributed by atoms with Gasteiger partial charge in [-0.05, 0) is 30.3 Å². The Labute approximate surface area is 173 Å². The first kappa shape index (κ1) is 22.8. The SMILES string of the molecule is COc1ccccc1C1CNCCN1C(=O)c1ccc(OCC(F)(F)F)cc1.Cl. The van der Waals surface area contributed by atoms with Crippen LogP contribution in [0.3, 0.4) is 0 Å². The second kappa shape index (κ2) is 9.84. The number of alkyl halides is 3. The molecule has 1 heterocycles. The lowest BCUT2D eigenvalue weighted by atomic mass is 10.0. The van der Waals surface area contributed by atoms with Gasteiger partial charge in [0.2, 0.25) is 0 Å². The van der Waals surface area contributed by atoms with Crippen LogP contribution < -0.4 is 14.8 Å². The van der Waals surface area contributed by atoms with E-state index in [0.717, 1.165) is 5.56 Å². The van der Waals surface area contributed by atoms with Gasteiger partial charge in [0.1, 0.15) is 11.5 Å². The number of nitrogens with one attached hydrogen (secondary N) is 1. The van der Waals surface area contributed by atoms with E-state index in [-0.39, 0.29) is 30.1 Å². The molecule has 1 unspecified atom stereocenters. The second-order valence-electron chi connectivity index (χ2n) is 6.39. The Hall–Kier alpha value is -2.45. The summed E-state index contributed by atoms with van der Waals surface area (Å²) < 4.78 is 46.9. The molecule has 5 nitrogen and oxygen atoms in total. The normalized spacial score (nSPS) is 16.7. The van der Waals surface area contributed by atoms with Gasteiger partial charge in [-0.2, -0.15) is 13.2 Å². The summed E-state index contributed by atoms with van der Waals surface area (Å²) in [7, 11) is 1.58. The minimum atomic E-state index is -4.41. The third-order valence-electron chi connectivity index (χ3n) is 4.51. The van der Waals surface area contributed by atoms with Crippen LogP contribution in [0.4, 0.5) is 13.2 Å². The molecule has 0 aliphatic carbocycles. The van der Waals surface area contributed by atoms with Gasteiger partial charge < -0.3 is 19.7 Å². The number of amides is 1. The van der Waals surface area contributed by atoms with Gasteiger partial charge in [0, 0.05) is 30.8 Å². The molecule has 0 radical (unpaired) electrons. The summed E-state index contributed by atoms with van der Waals surface area (Å²) in [5.41, 5.74) is 1.29. The second-order valence-corrected chi connectivity index (χ2v) is 6.39. The van der Waals surface area contributed by atoms with Crippen LogP contribution in [0.25, 0.3) is 0 Å². The number of hydrogen-bond acceptors (Lipinski definition) is 4. The molecule has 1 N–H and O–H groups in total. The predicted molar refractivity (Wildman–Crippen MR) is 105 cm³/mol. The zero-order chi connectivity index (χ0) is 20.1. The van der Waals surface area contributed by atoms with Gasteiger partial charge in [-0.15, -0.1) is 12.4 Å². The number of halogens is 4. The van der Waals surface area contributed by atoms with E-state index in [1.165, 1.54) is 24.3 Å². The summed E-state index contributed by atoms with van der Waals surface area (Å²) in [5, 5.41) is 3.28. The molecule has 2 aromatic rings. The summed E-state index contributed by atoms with van der Waals surface area (Å²) in [4.78, 5) is 14.8. The smallest absolute Gasteiger partial charge is 0.422 e. The van der Waals surface area contributed by atoms with Crippen molar-refractivity contribution in [2.24, 2.45) is 0 Å². The van der Waals surface area contributed by atoms with Crippen LogP contribution in [0.5, 0.6) is 11.5 Å². The fourth-order valence-corrected chi connectivity index (χ4v) is 3.19. The van der Waals surface area contributed by atoms with Crippen molar-refractivity contribution < 1.29 is 27.4 Å². The largest absolute Gasteiger partial charge is 0.496 e. The lowest BCUT2D eigenvalue weighted by Crippen LogP contribution is -2.48. The molecule has 1 aliphatic rings. The van der Waals surface area contributed by atoms with Crippen molar-refractivity contribution >= 4 is 18.3 Å². The molecule has 0 aromatic heterocycles. The minimum Gasteiger partial charge on any atom is -0.496 e. The van der Waals surface area contributed by atoms with Crippen LogP contribution in [0.1, 0.15) is 22.0 Å². The Morgan fingerprint density at radius 2 is 1.86 bits per heavy atom. The van der Waals surface area contributed by atoms with E-state index in [9.17, 15) is 18.0 Å². The molecule has 1 atom stereocenters. The number of nitrogens with zero attached hydrogens (tertiary/aromatic N) is 1. The highest BCUT2D eigenvalue weighted by atomic mass is 35.5. The monoisotopic (exact) mass is 430 g/mol. The Balaban J connectivity index is 0.00000300. The first-order chi connectivity index (χ1) is 13.4. The molecular formula is C20H22ClF3N2O3. The number of carbonyl (C=O) groups is 1. The lowest BCUT2D eigenvalue weighted by Gasteiger charge is -2.37. The van der Waals surface area contributed by atoms with Gasteiger partial charge in [-0.25, -0.2) is 0 Å². The third-order valence-corrected chi connectivity index (χ3v) is 4.51. The van der Waals surface area contributed by atoms with Crippen LogP contribution in [0.2, 0.25) is 0 Å². The first-order valence-electron chi connectivity index (χ1n) is 8.83. The lowest BCUT2D eigenvalue weighted by molar-refractivity contribution is -0.153. The molecule has 0 spiro atoms. The van der Waals surface area contributed by atoms with Gasteiger partial charge in [0.25, 0.3) is 5.91 Å². The highest BCUT2D eigenvalue weighted by Crippen LogP contribution is 2.31. The van der Waals surface area contributed by atoms with Gasteiger partial charge in [0.05, 0.1) is 13.2 Å². The molecular weight excluding hydrogens is 409 g/mol. The van der Waals surface area contributed by atoms with Crippen molar-refractivity contribution in [1.29, 1.82) is 0 Å². The van der Waals surface area contributed by atoms with E-state index >= 15 is 0 Å². The number of para-hydroxylation sites is 1. The van der Waals surface area contributed by atoms with E-state index in [2.05, 4.69) is 5.32 Å². The average Bonchev–Trinajstić information content (AvgIpc) is 2.71. The fourth-order valence-electron chi connectivity index (χ4n) is 3.19. The van der Waals surface area contributed by atoms with Crippen molar-refractivity contribution in [3.63, 3.8) is 0 Å². The van der Waals surface area contributed by atoms with E-state index in [1.54, 1.807) is 12.0 Å². The van der Waals surface area contributed by atoms with Crippen LogP contribution in [0.15, 0.2) is 48.5 Å². The number of ether oxygens (including phenoxy) is 2. The highest BCUT2D eigenvalue weighted by Gasteiger charge is 2.31. The number of carbonyl (C=O) groups excluding carboxylic acids is 1. The molecule has 158 valence electrons. The quantitative estimate of drug-likeness (QED) is 0.783. The van der Waals surface area contributed by atoms with Crippen molar-refractivity contribution in [2.75, 3.05) is 33.4 Å². The molecule has 1 aliphatic heterocycles. The van der Waals surface area contributed by atoms with Gasteiger partial charge in [-0.3, -0.25) is 4.79 Å². The minimum absolute atomic E-state index is 0. The van der Waals surface area contributed by atoms with Crippen molar-refractivity contribution in [1.82, 2.24) is 10.2 Å². The van der Waals surface area contributed by atoms with Crippen LogP contribution in [-0.4, -0.2) is 50.3 Å². The summed E-state index contributed by atoms with van der Waals surface area (Å²) in [6, 6.07) is 13.0. The maximum absolute atomic E-state index is 13.0. The standard InChI is InChI=1S/C20H21F3N2O3.ClH/c1-27-18-5-3-2-4-16(18)17-12-24-10-11-25(17)19(26)14-6-8-15(9-7-14)28-13-20(21,22)23;/h2-9,17,24H,10-13H2,1H3;1H. The number of rotatable bonds is 5. The third kappa shape index (κ3) is 5.77. The fraction of sp³-hybridized carbons (Fsp3) is 0.350. The molecule has 0 bridgehead atoms. The van der Waals surface area contributed by atoms with E-state index in [0.29, 0.717) is 30.9 Å². The summed E-state index contributed by atoms with van der Waals surface area (Å²) in [5.74, 6) is 0.570. The number of piperazine rings is 1. The molecule has 0 saturated carbocycles. The number of benzene rings is 2. The maximum Gasteiger partial charge on any atom is 0.422 e. The molecule has 1 saturated heterocycles. The van der Waals surface area contributed by atoms with Crippen LogP contribution in [0, 0.1) is 0 Å². The average molecular weight is 431 g/mol. The Morgan fingerprint density at radius 3 is 2.52 bits per heavy atom. The number of methoxy groups -OCH3 is 1. The maximum atomic E-state index is 13.0.